The highest BCUT2D eigenvalue weighted by Gasteiger charge is 2.23. The van der Waals surface area contributed by atoms with Crippen LogP contribution >= 0.6 is 17.2 Å². The summed E-state index contributed by atoms with van der Waals surface area (Å²) in [6, 6.07) is 76.9. The van der Waals surface area contributed by atoms with Crippen LogP contribution in [0.15, 0.2) is 206 Å². The summed E-state index contributed by atoms with van der Waals surface area (Å²) in [5.74, 6) is 0. The van der Waals surface area contributed by atoms with Gasteiger partial charge in [-0.3, -0.25) is 0 Å². The summed E-state index contributed by atoms with van der Waals surface area (Å²) in [5.41, 5.74) is 18.2. The summed E-state index contributed by atoms with van der Waals surface area (Å²) < 4.78 is 0. The van der Waals surface area contributed by atoms with Gasteiger partial charge in [-0.1, -0.05) is 223 Å². The van der Waals surface area contributed by atoms with Crippen molar-refractivity contribution >= 4 is 59.9 Å². The summed E-state index contributed by atoms with van der Waals surface area (Å²) in [7, 11) is 0.826. The molecule has 0 aliphatic carbocycles. The Hall–Kier alpha value is -6.42. The highest BCUT2D eigenvalue weighted by atomic mass is 31.1. The lowest BCUT2D eigenvalue weighted by Crippen LogP contribution is -2.15. The molecule has 0 aromatic heterocycles. The largest absolute Gasteiger partial charge is 0.0620 e. The molecule has 10 aromatic rings. The average molecular weight is 831 g/mol. The van der Waals surface area contributed by atoms with E-state index >= 15 is 0 Å². The molecule has 10 rings (SSSR count). The van der Waals surface area contributed by atoms with Crippen LogP contribution in [-0.4, -0.2) is 0 Å². The van der Waals surface area contributed by atoms with Crippen LogP contribution in [0.4, 0.5) is 0 Å². The SMILES string of the molecule is Cc1ccccc1-c1cccc(Pc2ccc3ccccc3c2-c2c(Pc3cccc(-c4ccccc4C)c3-c3ccccc3C)ccc3ccccc23)c1-c1ccccc1C. The Morgan fingerprint density at radius 2 is 0.532 bits per heavy atom. The summed E-state index contributed by atoms with van der Waals surface area (Å²) in [6.07, 6.45) is 0. The van der Waals surface area contributed by atoms with Gasteiger partial charge in [0.25, 0.3) is 0 Å². The van der Waals surface area contributed by atoms with Crippen molar-refractivity contribution in [2.75, 3.05) is 0 Å². The number of rotatable bonds is 9. The first-order valence-corrected chi connectivity index (χ1v) is 23.5. The highest BCUT2D eigenvalue weighted by molar-refractivity contribution is 7.57. The first kappa shape index (κ1) is 39.7. The van der Waals surface area contributed by atoms with Crippen LogP contribution in [0.3, 0.4) is 0 Å². The summed E-state index contributed by atoms with van der Waals surface area (Å²) in [5, 5.41) is 10.5. The minimum Gasteiger partial charge on any atom is -0.0620 e. The van der Waals surface area contributed by atoms with Gasteiger partial charge in [-0.05, 0) is 148 Å². The molecular weight excluding hydrogens is 783 g/mol. The van der Waals surface area contributed by atoms with Gasteiger partial charge in [-0.2, -0.15) is 0 Å². The molecule has 0 bridgehead atoms. The summed E-state index contributed by atoms with van der Waals surface area (Å²) in [4.78, 5) is 0. The number of hydrogen-bond donors (Lipinski definition) is 0. The van der Waals surface area contributed by atoms with Gasteiger partial charge < -0.3 is 0 Å². The first-order valence-electron chi connectivity index (χ1n) is 21.5. The molecule has 0 radical (unpaired) electrons. The van der Waals surface area contributed by atoms with E-state index < -0.39 is 0 Å². The zero-order valence-electron chi connectivity index (χ0n) is 35.6. The highest BCUT2D eigenvalue weighted by Crippen LogP contribution is 2.43. The van der Waals surface area contributed by atoms with Gasteiger partial charge in [0.2, 0.25) is 0 Å². The molecule has 10 aromatic carbocycles. The van der Waals surface area contributed by atoms with Crippen LogP contribution in [0.25, 0.3) is 77.2 Å². The van der Waals surface area contributed by atoms with Crippen LogP contribution in [0.1, 0.15) is 22.3 Å². The molecule has 0 amide bonds. The van der Waals surface area contributed by atoms with Crippen LogP contribution < -0.4 is 21.2 Å². The fourth-order valence-corrected chi connectivity index (χ4v) is 12.2. The second kappa shape index (κ2) is 17.2. The summed E-state index contributed by atoms with van der Waals surface area (Å²) in [6.45, 7) is 8.97. The third-order valence-corrected chi connectivity index (χ3v) is 15.2. The predicted molar refractivity (Wildman–Crippen MR) is 276 cm³/mol. The Morgan fingerprint density at radius 1 is 0.226 bits per heavy atom. The fourth-order valence-electron chi connectivity index (χ4n) is 9.38. The van der Waals surface area contributed by atoms with E-state index in [1.165, 1.54) is 121 Å². The maximum atomic E-state index is 2.42. The molecule has 0 spiro atoms. The summed E-state index contributed by atoms with van der Waals surface area (Å²) >= 11 is 0. The van der Waals surface area contributed by atoms with E-state index in [9.17, 15) is 0 Å². The van der Waals surface area contributed by atoms with Crippen molar-refractivity contribution in [3.63, 3.8) is 0 Å². The maximum absolute atomic E-state index is 2.42. The Bertz CT molecular complexity index is 3080. The minimum atomic E-state index is 0.413. The van der Waals surface area contributed by atoms with Crippen LogP contribution in [0.2, 0.25) is 0 Å². The molecule has 0 saturated heterocycles. The first-order chi connectivity index (χ1) is 30.4. The predicted octanol–water partition coefficient (Wildman–Crippen LogP) is 14.8. The number of fused-ring (bicyclic) bond motifs is 2. The van der Waals surface area contributed by atoms with Gasteiger partial charge in [0.15, 0.2) is 0 Å². The van der Waals surface area contributed by atoms with Crippen molar-refractivity contribution in [2.45, 2.75) is 27.7 Å². The smallest absolute Gasteiger partial charge is 0.00150 e. The number of hydrogen-bond acceptors (Lipinski definition) is 0. The van der Waals surface area contributed by atoms with E-state index in [2.05, 4.69) is 234 Å². The molecule has 2 unspecified atom stereocenters. The van der Waals surface area contributed by atoms with Gasteiger partial charge in [-0.15, -0.1) is 0 Å². The molecular formula is C60H48P2. The van der Waals surface area contributed by atoms with Crippen molar-refractivity contribution in [1.82, 2.24) is 0 Å². The van der Waals surface area contributed by atoms with Crippen LogP contribution in [0, 0.1) is 27.7 Å². The van der Waals surface area contributed by atoms with Crippen molar-refractivity contribution in [3.8, 4) is 55.6 Å². The molecule has 0 aliphatic heterocycles. The quantitative estimate of drug-likeness (QED) is 0.127. The van der Waals surface area contributed by atoms with Crippen molar-refractivity contribution in [2.24, 2.45) is 0 Å². The third kappa shape index (κ3) is 7.39. The number of benzene rings is 10. The molecule has 2 heteroatoms. The van der Waals surface area contributed by atoms with E-state index in [4.69, 9.17) is 0 Å². The van der Waals surface area contributed by atoms with Crippen LogP contribution in [0.5, 0.6) is 0 Å². The second-order valence-electron chi connectivity index (χ2n) is 16.4. The lowest BCUT2D eigenvalue weighted by Gasteiger charge is -2.23. The molecule has 0 N–H and O–H groups in total. The fraction of sp³-hybridized carbons (Fsp3) is 0.0667. The molecule has 2 atom stereocenters. The Morgan fingerprint density at radius 3 is 0.919 bits per heavy atom. The standard InChI is InChI=1S/C60H48P2/c1-39-19-5-11-25-45(39)51-31-17-33-53(57(51)47-27-13-7-21-41(47)3)61-55-37-35-43-23-9-15-29-49(43)59(55)60-50-30-16-10-24-44(50)36-38-56(60)62-54-34-18-32-52(46-26-12-6-20-40(46)2)58(54)48-28-14-8-22-42(48)4/h5-38,61-62H,1-4H3. The van der Waals surface area contributed by atoms with Gasteiger partial charge in [0.1, 0.15) is 0 Å². The second-order valence-corrected chi connectivity index (χ2v) is 19.0. The molecule has 62 heavy (non-hydrogen) atoms. The van der Waals surface area contributed by atoms with Crippen molar-refractivity contribution in [1.29, 1.82) is 0 Å². The van der Waals surface area contributed by atoms with Crippen LogP contribution in [-0.2, 0) is 0 Å². The number of aryl methyl sites for hydroxylation is 4. The molecule has 0 aliphatic rings. The average Bonchev–Trinajstić information content (AvgIpc) is 3.30. The molecule has 0 nitrogen and oxygen atoms in total. The molecule has 0 saturated carbocycles. The van der Waals surface area contributed by atoms with E-state index in [-0.39, 0.29) is 0 Å². The zero-order chi connectivity index (χ0) is 42.2. The third-order valence-electron chi connectivity index (χ3n) is 12.5. The van der Waals surface area contributed by atoms with Crippen molar-refractivity contribution in [3.05, 3.63) is 229 Å². The van der Waals surface area contributed by atoms with Crippen molar-refractivity contribution < 1.29 is 0 Å². The monoisotopic (exact) mass is 830 g/mol. The van der Waals surface area contributed by atoms with E-state index in [0.717, 1.165) is 0 Å². The van der Waals surface area contributed by atoms with Gasteiger partial charge in [-0.25, -0.2) is 0 Å². The lowest BCUT2D eigenvalue weighted by molar-refractivity contribution is 1.44. The van der Waals surface area contributed by atoms with E-state index in [1.54, 1.807) is 0 Å². The minimum absolute atomic E-state index is 0.413. The lowest BCUT2D eigenvalue weighted by atomic mass is 9.90. The molecule has 0 heterocycles. The van der Waals surface area contributed by atoms with Gasteiger partial charge in [0, 0.05) is 0 Å². The normalized spacial score (nSPS) is 11.7. The molecule has 298 valence electrons. The Kier molecular flexibility index (Phi) is 11.0. The Balaban J connectivity index is 1.23. The topological polar surface area (TPSA) is 0 Å². The molecule has 0 fully saturated rings. The van der Waals surface area contributed by atoms with Gasteiger partial charge >= 0.3 is 0 Å². The zero-order valence-corrected chi connectivity index (χ0v) is 37.6. The maximum Gasteiger partial charge on any atom is -0.00150 e. The van der Waals surface area contributed by atoms with E-state index in [1.807, 2.05) is 0 Å². The Labute approximate surface area is 369 Å². The van der Waals surface area contributed by atoms with Gasteiger partial charge in [0.05, 0.1) is 0 Å². The van der Waals surface area contributed by atoms with E-state index in [0.29, 0.717) is 17.2 Å².